The molecule has 0 aliphatic heterocycles. The van der Waals surface area contributed by atoms with Crippen LogP contribution in [-0.4, -0.2) is 20.0 Å². The quantitative estimate of drug-likeness (QED) is 0.480. The van der Waals surface area contributed by atoms with Crippen LogP contribution in [0.4, 0.5) is 26.3 Å². The molecule has 0 unspecified atom stereocenters. The summed E-state index contributed by atoms with van der Waals surface area (Å²) in [5.74, 6) is 0. The number of benzene rings is 1. The molecular formula is C11H10F6O3S. The standard InChI is InChI=1S/C11H10F6O3S/c1-7(20-21(18,19)11(15,16)17)5-8-3-2-4-9(6-8)10(12,13)14/h2-4,6-7H,5H2,1H3/t7-/m1/s1. The molecule has 0 fully saturated rings. The van der Waals surface area contributed by atoms with Gasteiger partial charge >= 0.3 is 21.8 Å². The second kappa shape index (κ2) is 5.84. The van der Waals surface area contributed by atoms with Crippen molar-refractivity contribution in [2.75, 3.05) is 0 Å². The Morgan fingerprint density at radius 3 is 2.19 bits per heavy atom. The fraction of sp³-hybridized carbons (Fsp3) is 0.455. The van der Waals surface area contributed by atoms with Gasteiger partial charge in [-0.3, -0.25) is 4.18 Å². The van der Waals surface area contributed by atoms with E-state index in [2.05, 4.69) is 4.18 Å². The Morgan fingerprint density at radius 1 is 1.14 bits per heavy atom. The first-order valence-electron chi connectivity index (χ1n) is 5.48. The minimum atomic E-state index is -5.78. The number of halogens is 6. The third kappa shape index (κ3) is 4.88. The zero-order chi connectivity index (χ0) is 16.5. The zero-order valence-corrected chi connectivity index (χ0v) is 11.3. The first kappa shape index (κ1) is 17.8. The molecule has 0 aromatic heterocycles. The Bertz CT molecular complexity index is 591. The molecule has 3 nitrogen and oxygen atoms in total. The van der Waals surface area contributed by atoms with Crippen LogP contribution in [0.5, 0.6) is 0 Å². The number of hydrogen-bond acceptors (Lipinski definition) is 3. The number of hydrogen-bond donors (Lipinski definition) is 0. The summed E-state index contributed by atoms with van der Waals surface area (Å²) in [5, 5.41) is 0. The van der Waals surface area contributed by atoms with E-state index in [1.807, 2.05) is 0 Å². The largest absolute Gasteiger partial charge is 0.523 e. The molecule has 0 spiro atoms. The van der Waals surface area contributed by atoms with Crippen LogP contribution in [0, 0.1) is 0 Å². The molecule has 1 rings (SSSR count). The highest BCUT2D eigenvalue weighted by molar-refractivity contribution is 7.87. The van der Waals surface area contributed by atoms with Crippen LogP contribution in [0.1, 0.15) is 18.1 Å². The van der Waals surface area contributed by atoms with Gasteiger partial charge in [0, 0.05) is 0 Å². The van der Waals surface area contributed by atoms with Crippen LogP contribution in [0.2, 0.25) is 0 Å². The van der Waals surface area contributed by atoms with Gasteiger partial charge in [0.25, 0.3) is 0 Å². The molecule has 1 aromatic rings. The van der Waals surface area contributed by atoms with E-state index in [4.69, 9.17) is 0 Å². The molecule has 120 valence electrons. The van der Waals surface area contributed by atoms with E-state index in [1.165, 1.54) is 6.07 Å². The van der Waals surface area contributed by atoms with Crippen molar-refractivity contribution in [1.82, 2.24) is 0 Å². The van der Waals surface area contributed by atoms with Crippen molar-refractivity contribution in [3.63, 3.8) is 0 Å². The first-order chi connectivity index (χ1) is 9.33. The van der Waals surface area contributed by atoms with Crippen molar-refractivity contribution < 1.29 is 38.9 Å². The highest BCUT2D eigenvalue weighted by atomic mass is 32.2. The lowest BCUT2D eigenvalue weighted by Gasteiger charge is -2.15. The van der Waals surface area contributed by atoms with Gasteiger partial charge in [-0.2, -0.15) is 34.8 Å². The lowest BCUT2D eigenvalue weighted by atomic mass is 10.1. The summed E-state index contributed by atoms with van der Waals surface area (Å²) >= 11 is 0. The average molecular weight is 336 g/mol. The average Bonchev–Trinajstić information content (AvgIpc) is 2.25. The topological polar surface area (TPSA) is 43.4 Å². The fourth-order valence-corrected chi connectivity index (χ4v) is 2.12. The van der Waals surface area contributed by atoms with Gasteiger partial charge in [0.05, 0.1) is 11.7 Å². The summed E-state index contributed by atoms with van der Waals surface area (Å²) in [4.78, 5) is 0. The van der Waals surface area contributed by atoms with Crippen molar-refractivity contribution >= 4 is 10.1 Å². The summed E-state index contributed by atoms with van der Waals surface area (Å²) in [5.41, 5.74) is -6.55. The zero-order valence-electron chi connectivity index (χ0n) is 10.5. The molecule has 0 bridgehead atoms. The van der Waals surface area contributed by atoms with Gasteiger partial charge in [-0.1, -0.05) is 18.2 Å². The molecule has 0 heterocycles. The Kier molecular flexibility index (Phi) is 4.94. The second-order valence-electron chi connectivity index (χ2n) is 4.21. The van der Waals surface area contributed by atoms with Crippen molar-refractivity contribution in [2.24, 2.45) is 0 Å². The van der Waals surface area contributed by atoms with Crippen LogP contribution in [0.3, 0.4) is 0 Å². The molecule has 0 aliphatic carbocycles. The van der Waals surface area contributed by atoms with Gasteiger partial charge < -0.3 is 0 Å². The highest BCUT2D eigenvalue weighted by Gasteiger charge is 2.48. The third-order valence-electron chi connectivity index (χ3n) is 2.35. The minimum Gasteiger partial charge on any atom is -0.260 e. The lowest BCUT2D eigenvalue weighted by molar-refractivity contribution is -0.137. The summed E-state index contributed by atoms with van der Waals surface area (Å²) in [7, 11) is -5.78. The van der Waals surface area contributed by atoms with Crippen molar-refractivity contribution in [3.8, 4) is 0 Å². The van der Waals surface area contributed by atoms with Gasteiger partial charge in [0.1, 0.15) is 0 Å². The normalized spacial score (nSPS) is 15.0. The maximum Gasteiger partial charge on any atom is 0.523 e. The Morgan fingerprint density at radius 2 is 1.71 bits per heavy atom. The van der Waals surface area contributed by atoms with Gasteiger partial charge in [0.2, 0.25) is 0 Å². The summed E-state index contributed by atoms with van der Waals surface area (Å²) < 4.78 is 99.0. The summed E-state index contributed by atoms with van der Waals surface area (Å²) in [6.45, 7) is 1.02. The smallest absolute Gasteiger partial charge is 0.260 e. The molecule has 0 aliphatic rings. The third-order valence-corrected chi connectivity index (χ3v) is 3.50. The summed E-state index contributed by atoms with van der Waals surface area (Å²) in [6, 6.07) is 3.82. The van der Waals surface area contributed by atoms with Crippen LogP contribution >= 0.6 is 0 Å². The molecule has 0 N–H and O–H groups in total. The molecule has 10 heteroatoms. The molecule has 21 heavy (non-hydrogen) atoms. The van der Waals surface area contributed by atoms with Gasteiger partial charge in [-0.05, 0) is 25.0 Å². The Hall–Kier alpha value is -1.29. The van der Waals surface area contributed by atoms with Crippen LogP contribution in [-0.2, 0) is 26.9 Å². The van der Waals surface area contributed by atoms with E-state index in [0.29, 0.717) is 0 Å². The molecule has 1 atom stereocenters. The monoisotopic (exact) mass is 336 g/mol. The van der Waals surface area contributed by atoms with E-state index in [0.717, 1.165) is 25.1 Å². The van der Waals surface area contributed by atoms with E-state index in [-0.39, 0.29) is 5.56 Å². The maximum atomic E-state index is 12.5. The predicted octanol–water partition coefficient (Wildman–Crippen LogP) is 3.50. The summed E-state index contributed by atoms with van der Waals surface area (Å²) in [6.07, 6.45) is -6.47. The Labute approximate surface area is 116 Å². The highest BCUT2D eigenvalue weighted by Crippen LogP contribution is 2.30. The molecular weight excluding hydrogens is 326 g/mol. The molecule has 1 aromatic carbocycles. The van der Waals surface area contributed by atoms with E-state index >= 15 is 0 Å². The van der Waals surface area contributed by atoms with Gasteiger partial charge in [-0.25, -0.2) is 0 Å². The maximum absolute atomic E-state index is 12.5. The molecule has 0 saturated carbocycles. The minimum absolute atomic E-state index is 0.00898. The SMILES string of the molecule is C[C@H](Cc1cccc(C(F)(F)F)c1)OS(=O)(=O)C(F)(F)F. The molecule has 0 radical (unpaired) electrons. The molecule has 0 amide bonds. The van der Waals surface area contributed by atoms with E-state index in [1.54, 1.807) is 0 Å². The predicted molar refractivity (Wildman–Crippen MR) is 60.7 cm³/mol. The van der Waals surface area contributed by atoms with E-state index < -0.39 is 39.9 Å². The second-order valence-corrected chi connectivity index (χ2v) is 5.77. The van der Waals surface area contributed by atoms with Gasteiger partial charge in [-0.15, -0.1) is 0 Å². The van der Waals surface area contributed by atoms with Crippen molar-refractivity contribution in [2.45, 2.75) is 31.1 Å². The lowest BCUT2D eigenvalue weighted by Crippen LogP contribution is -2.29. The fourth-order valence-electron chi connectivity index (χ4n) is 1.51. The Balaban J connectivity index is 2.83. The number of rotatable bonds is 4. The van der Waals surface area contributed by atoms with Gasteiger partial charge in [0.15, 0.2) is 0 Å². The van der Waals surface area contributed by atoms with Crippen LogP contribution in [0.15, 0.2) is 24.3 Å². The van der Waals surface area contributed by atoms with Crippen LogP contribution < -0.4 is 0 Å². The van der Waals surface area contributed by atoms with Crippen molar-refractivity contribution in [1.29, 1.82) is 0 Å². The molecule has 0 saturated heterocycles. The van der Waals surface area contributed by atoms with Crippen molar-refractivity contribution in [3.05, 3.63) is 35.4 Å². The number of alkyl halides is 6. The van der Waals surface area contributed by atoms with Crippen LogP contribution in [0.25, 0.3) is 0 Å². The first-order valence-corrected chi connectivity index (χ1v) is 6.89. The van der Waals surface area contributed by atoms with E-state index in [9.17, 15) is 34.8 Å².